The van der Waals surface area contributed by atoms with Gasteiger partial charge in [-0.15, -0.1) is 0 Å². The number of carbonyl (C=O) groups is 2. The Balaban J connectivity index is 1.30. The molecule has 2 aromatic rings. The maximum absolute atomic E-state index is 13.9. The third kappa shape index (κ3) is 6.18. The van der Waals surface area contributed by atoms with Gasteiger partial charge in [0.15, 0.2) is 0 Å². The Hall–Kier alpha value is -3.40. The SMILES string of the molecule is CC(C)(C)OC(=O)N1CCN(C(=O)N2CCc3cnc(NC4CCOCC4)nc3C2)C(c2ccccc2)C1. The lowest BCUT2D eigenvalue weighted by Crippen LogP contribution is -2.56. The average Bonchev–Trinajstić information content (AvgIpc) is 2.92. The van der Waals surface area contributed by atoms with Gasteiger partial charge in [-0.05, 0) is 51.2 Å². The van der Waals surface area contributed by atoms with Crippen LogP contribution in [0.25, 0.3) is 0 Å². The highest BCUT2D eigenvalue weighted by Crippen LogP contribution is 2.29. The molecule has 0 radical (unpaired) electrons. The summed E-state index contributed by atoms with van der Waals surface area (Å²) in [5.74, 6) is 0.609. The van der Waals surface area contributed by atoms with Crippen molar-refractivity contribution in [2.45, 2.75) is 64.3 Å². The zero-order chi connectivity index (χ0) is 26.7. The molecule has 38 heavy (non-hydrogen) atoms. The monoisotopic (exact) mass is 522 g/mol. The first-order valence-electron chi connectivity index (χ1n) is 13.5. The fraction of sp³-hybridized carbons (Fsp3) is 0.571. The molecular formula is C28H38N6O4. The van der Waals surface area contributed by atoms with Crippen molar-refractivity contribution in [3.63, 3.8) is 0 Å². The molecule has 10 heteroatoms. The van der Waals surface area contributed by atoms with Crippen LogP contribution < -0.4 is 5.32 Å². The van der Waals surface area contributed by atoms with Crippen LogP contribution in [0.15, 0.2) is 36.5 Å². The van der Waals surface area contributed by atoms with Crippen molar-refractivity contribution < 1.29 is 19.1 Å². The van der Waals surface area contributed by atoms with Gasteiger partial charge in [-0.3, -0.25) is 0 Å². The molecule has 3 aliphatic heterocycles. The number of fused-ring (bicyclic) bond motifs is 1. The maximum atomic E-state index is 13.9. The number of hydrogen-bond donors (Lipinski definition) is 1. The normalized spacial score (nSPS) is 20.6. The molecule has 1 unspecified atom stereocenters. The Kier molecular flexibility index (Phi) is 7.69. The van der Waals surface area contributed by atoms with Crippen LogP contribution in [0.3, 0.4) is 0 Å². The van der Waals surface area contributed by atoms with Gasteiger partial charge in [0, 0.05) is 51.6 Å². The first kappa shape index (κ1) is 26.2. The first-order chi connectivity index (χ1) is 18.3. The van der Waals surface area contributed by atoms with Gasteiger partial charge in [-0.25, -0.2) is 19.6 Å². The summed E-state index contributed by atoms with van der Waals surface area (Å²) in [5.41, 5.74) is 2.39. The number of piperazine rings is 1. The van der Waals surface area contributed by atoms with Crippen LogP contribution in [-0.4, -0.2) is 87.8 Å². The topological polar surface area (TPSA) is 100 Å². The van der Waals surface area contributed by atoms with E-state index in [4.69, 9.17) is 14.5 Å². The summed E-state index contributed by atoms with van der Waals surface area (Å²) in [6.07, 6.45) is 4.12. The van der Waals surface area contributed by atoms with Gasteiger partial charge in [0.2, 0.25) is 5.95 Å². The number of nitrogens with one attached hydrogen (secondary N) is 1. The lowest BCUT2D eigenvalue weighted by molar-refractivity contribution is 0.00616. The number of rotatable bonds is 3. The molecule has 10 nitrogen and oxygen atoms in total. The molecule has 3 amide bonds. The summed E-state index contributed by atoms with van der Waals surface area (Å²) >= 11 is 0. The second kappa shape index (κ2) is 11.1. The standard InChI is InChI=1S/C28H38N6O4/c1-28(2,3)38-27(36)33-13-14-34(24(19-33)20-7-5-4-6-8-20)26(35)32-12-9-21-17-29-25(31-23(21)18-32)30-22-10-15-37-16-11-22/h4-8,17,22,24H,9-16,18-19H2,1-3H3,(H,29,30,31). The zero-order valence-electron chi connectivity index (χ0n) is 22.6. The van der Waals surface area contributed by atoms with Crippen LogP contribution in [0.5, 0.6) is 0 Å². The Morgan fingerprint density at radius 1 is 1.05 bits per heavy atom. The minimum Gasteiger partial charge on any atom is -0.444 e. The van der Waals surface area contributed by atoms with E-state index >= 15 is 0 Å². The number of amides is 3. The minimum atomic E-state index is -0.576. The lowest BCUT2D eigenvalue weighted by Gasteiger charge is -2.44. The van der Waals surface area contributed by atoms with Crippen LogP contribution in [0.2, 0.25) is 0 Å². The fourth-order valence-corrected chi connectivity index (χ4v) is 5.21. The Morgan fingerprint density at radius 3 is 2.55 bits per heavy atom. The molecule has 1 N–H and O–H groups in total. The largest absolute Gasteiger partial charge is 0.444 e. The Bertz CT molecular complexity index is 1130. The first-order valence-corrected chi connectivity index (χ1v) is 13.5. The maximum Gasteiger partial charge on any atom is 0.410 e. The molecule has 2 fully saturated rings. The molecule has 1 aromatic heterocycles. The van der Waals surface area contributed by atoms with Gasteiger partial charge in [-0.2, -0.15) is 0 Å². The highest BCUT2D eigenvalue weighted by atomic mass is 16.6. The molecule has 4 heterocycles. The molecule has 1 atom stereocenters. The van der Waals surface area contributed by atoms with Crippen LogP contribution >= 0.6 is 0 Å². The van der Waals surface area contributed by atoms with Gasteiger partial charge in [-0.1, -0.05) is 30.3 Å². The van der Waals surface area contributed by atoms with Crippen molar-refractivity contribution >= 4 is 18.1 Å². The van der Waals surface area contributed by atoms with Crippen molar-refractivity contribution in [1.82, 2.24) is 24.7 Å². The molecule has 0 bridgehead atoms. The van der Waals surface area contributed by atoms with Gasteiger partial charge in [0.05, 0.1) is 18.3 Å². The van der Waals surface area contributed by atoms with Gasteiger partial charge >= 0.3 is 12.1 Å². The summed E-state index contributed by atoms with van der Waals surface area (Å²) < 4.78 is 11.1. The second-order valence-electron chi connectivity index (χ2n) is 11.2. The van der Waals surface area contributed by atoms with E-state index in [1.54, 1.807) is 4.90 Å². The number of ether oxygens (including phenoxy) is 2. The zero-order valence-corrected chi connectivity index (χ0v) is 22.6. The number of carbonyl (C=O) groups excluding carboxylic acids is 2. The summed E-state index contributed by atoms with van der Waals surface area (Å²) in [6, 6.07) is 9.91. The third-order valence-electron chi connectivity index (χ3n) is 7.23. The van der Waals surface area contributed by atoms with E-state index in [2.05, 4.69) is 10.3 Å². The number of hydrogen-bond acceptors (Lipinski definition) is 7. The minimum absolute atomic E-state index is 0.0362. The summed E-state index contributed by atoms with van der Waals surface area (Å²) in [4.78, 5) is 41.5. The summed E-state index contributed by atoms with van der Waals surface area (Å²) in [7, 11) is 0. The highest BCUT2D eigenvalue weighted by Gasteiger charge is 2.37. The van der Waals surface area contributed by atoms with Crippen molar-refractivity contribution in [2.24, 2.45) is 0 Å². The predicted octanol–water partition coefficient (Wildman–Crippen LogP) is 3.84. The quantitative estimate of drug-likeness (QED) is 0.654. The van der Waals surface area contributed by atoms with Gasteiger partial charge in [0.25, 0.3) is 0 Å². The molecule has 0 spiro atoms. The van der Waals surface area contributed by atoms with Crippen LogP contribution in [0, 0.1) is 0 Å². The van der Waals surface area contributed by atoms with Gasteiger partial charge in [0.1, 0.15) is 5.60 Å². The highest BCUT2D eigenvalue weighted by molar-refractivity contribution is 5.76. The van der Waals surface area contributed by atoms with E-state index in [0.29, 0.717) is 51.1 Å². The summed E-state index contributed by atoms with van der Waals surface area (Å²) in [6.45, 7) is 9.37. The van der Waals surface area contributed by atoms with E-state index in [-0.39, 0.29) is 18.2 Å². The predicted molar refractivity (Wildman–Crippen MR) is 143 cm³/mol. The number of aromatic nitrogens is 2. The molecule has 1 aromatic carbocycles. The third-order valence-corrected chi connectivity index (χ3v) is 7.23. The fourth-order valence-electron chi connectivity index (χ4n) is 5.21. The number of anilines is 1. The van der Waals surface area contributed by atoms with Gasteiger partial charge < -0.3 is 29.5 Å². The van der Waals surface area contributed by atoms with E-state index in [0.717, 1.165) is 42.9 Å². The summed E-state index contributed by atoms with van der Waals surface area (Å²) in [5, 5.41) is 3.43. The lowest BCUT2D eigenvalue weighted by atomic mass is 10.0. The molecule has 3 aliphatic rings. The van der Waals surface area contributed by atoms with Crippen molar-refractivity contribution in [3.05, 3.63) is 53.3 Å². The van der Waals surface area contributed by atoms with Crippen LogP contribution in [-0.2, 0) is 22.4 Å². The smallest absolute Gasteiger partial charge is 0.410 e. The number of urea groups is 1. The van der Waals surface area contributed by atoms with E-state index in [1.165, 1.54) is 0 Å². The van der Waals surface area contributed by atoms with E-state index < -0.39 is 5.60 Å². The molecule has 0 saturated carbocycles. The second-order valence-corrected chi connectivity index (χ2v) is 11.2. The molecule has 0 aliphatic carbocycles. The molecule has 5 rings (SSSR count). The van der Waals surface area contributed by atoms with Crippen LogP contribution in [0.4, 0.5) is 15.5 Å². The Morgan fingerprint density at radius 2 is 1.82 bits per heavy atom. The number of nitrogens with zero attached hydrogens (tertiary/aromatic N) is 5. The van der Waals surface area contributed by atoms with E-state index in [9.17, 15) is 9.59 Å². The van der Waals surface area contributed by atoms with E-state index in [1.807, 2.05) is 67.1 Å². The van der Waals surface area contributed by atoms with Crippen molar-refractivity contribution in [3.8, 4) is 0 Å². The molecular weight excluding hydrogens is 484 g/mol. The molecule has 204 valence electrons. The van der Waals surface area contributed by atoms with Crippen molar-refractivity contribution in [2.75, 3.05) is 44.7 Å². The Labute approximate surface area is 224 Å². The molecule has 2 saturated heterocycles. The van der Waals surface area contributed by atoms with Crippen LogP contribution in [0.1, 0.15) is 56.5 Å². The average molecular weight is 523 g/mol. The number of benzene rings is 1. The van der Waals surface area contributed by atoms with Crippen molar-refractivity contribution in [1.29, 1.82) is 0 Å².